The molecule has 8 heteroatoms. The minimum absolute atomic E-state index is 0.184. The molecule has 1 aromatic carbocycles. The fraction of sp³-hybridized carbons (Fsp3) is 0.308. The van der Waals surface area contributed by atoms with Gasteiger partial charge in [0.15, 0.2) is 0 Å². The normalized spacial score (nSPS) is 18.3. The molecule has 0 unspecified atom stereocenters. The topological polar surface area (TPSA) is 66.7 Å². The third kappa shape index (κ3) is 4.52. The van der Waals surface area contributed by atoms with Crippen molar-refractivity contribution in [3.8, 4) is 0 Å². The average molecular weight is 491 g/mol. The van der Waals surface area contributed by atoms with Crippen LogP contribution >= 0.6 is 24.0 Å². The number of rotatable bonds is 5. The number of amides is 1. The van der Waals surface area contributed by atoms with E-state index in [9.17, 15) is 9.59 Å². The molecule has 2 aromatic heterocycles. The number of pyridine rings is 1. The van der Waals surface area contributed by atoms with E-state index < -0.39 is 0 Å². The van der Waals surface area contributed by atoms with Crippen molar-refractivity contribution >= 4 is 51.7 Å². The zero-order chi connectivity index (χ0) is 23.7. The second-order valence-corrected chi connectivity index (χ2v) is 10.5. The fourth-order valence-corrected chi connectivity index (χ4v) is 5.76. The highest BCUT2D eigenvalue weighted by Gasteiger charge is 2.33. The monoisotopic (exact) mass is 490 g/mol. The Morgan fingerprint density at radius 1 is 1.12 bits per heavy atom. The van der Waals surface area contributed by atoms with E-state index >= 15 is 0 Å². The van der Waals surface area contributed by atoms with Crippen LogP contribution in [0.2, 0.25) is 0 Å². The summed E-state index contributed by atoms with van der Waals surface area (Å²) in [5, 5.41) is 3.52. The van der Waals surface area contributed by atoms with Crippen LogP contribution in [0.4, 0.5) is 5.82 Å². The summed E-state index contributed by atoms with van der Waals surface area (Å²) in [7, 11) is 0. The Morgan fingerprint density at radius 2 is 1.88 bits per heavy atom. The van der Waals surface area contributed by atoms with Gasteiger partial charge in [-0.15, -0.1) is 0 Å². The zero-order valence-corrected chi connectivity index (χ0v) is 20.6. The number of nitrogens with zero attached hydrogens (tertiary/aromatic N) is 3. The number of thiocarbonyl (C=S) groups is 1. The summed E-state index contributed by atoms with van der Waals surface area (Å²) in [4.78, 5) is 33.7. The number of hydrogen-bond donors (Lipinski definition) is 1. The van der Waals surface area contributed by atoms with Gasteiger partial charge in [0.1, 0.15) is 15.8 Å². The van der Waals surface area contributed by atoms with Gasteiger partial charge in [-0.25, -0.2) is 4.98 Å². The van der Waals surface area contributed by atoms with E-state index in [2.05, 4.69) is 5.32 Å². The van der Waals surface area contributed by atoms with Crippen LogP contribution in [-0.4, -0.2) is 30.6 Å². The summed E-state index contributed by atoms with van der Waals surface area (Å²) in [5.74, 6) is 0.357. The largest absolute Gasteiger partial charge is 0.367 e. The maximum absolute atomic E-state index is 13.6. The molecule has 0 radical (unpaired) electrons. The number of hydrogen-bond acceptors (Lipinski definition) is 6. The lowest BCUT2D eigenvalue weighted by Crippen LogP contribution is -2.28. The van der Waals surface area contributed by atoms with Crippen molar-refractivity contribution in [3.63, 3.8) is 0 Å². The minimum Gasteiger partial charge on any atom is -0.367 e. The van der Waals surface area contributed by atoms with Crippen LogP contribution in [-0.2, 0) is 11.3 Å². The molecule has 2 aliphatic rings. The average Bonchev–Trinajstić information content (AvgIpc) is 3.11. The van der Waals surface area contributed by atoms with Gasteiger partial charge in [-0.1, -0.05) is 79.6 Å². The van der Waals surface area contributed by atoms with Gasteiger partial charge in [0, 0.05) is 12.2 Å². The third-order valence-electron chi connectivity index (χ3n) is 6.36. The maximum atomic E-state index is 13.6. The molecule has 34 heavy (non-hydrogen) atoms. The van der Waals surface area contributed by atoms with Crippen LogP contribution in [0.1, 0.15) is 48.8 Å². The van der Waals surface area contributed by atoms with Crippen LogP contribution in [0.5, 0.6) is 0 Å². The quantitative estimate of drug-likeness (QED) is 0.394. The summed E-state index contributed by atoms with van der Waals surface area (Å²) >= 11 is 6.75. The predicted octanol–water partition coefficient (Wildman–Crippen LogP) is 5.15. The molecular weight excluding hydrogens is 464 g/mol. The number of nitrogens with one attached hydrogen (secondary N) is 1. The Kier molecular flexibility index (Phi) is 6.52. The molecule has 3 heterocycles. The first-order valence-electron chi connectivity index (χ1n) is 11.6. The molecule has 1 aliphatic heterocycles. The minimum atomic E-state index is -0.194. The van der Waals surface area contributed by atoms with Gasteiger partial charge in [-0.2, -0.15) is 0 Å². The van der Waals surface area contributed by atoms with Crippen molar-refractivity contribution in [2.75, 3.05) is 5.32 Å². The van der Waals surface area contributed by atoms with Crippen molar-refractivity contribution in [2.24, 2.45) is 0 Å². The number of aryl methyl sites for hydroxylation is 1. The molecule has 0 bridgehead atoms. The first-order chi connectivity index (χ1) is 16.5. The van der Waals surface area contributed by atoms with E-state index in [-0.39, 0.29) is 17.5 Å². The number of anilines is 1. The molecule has 0 spiro atoms. The summed E-state index contributed by atoms with van der Waals surface area (Å²) in [6.07, 6.45) is 9.05. The molecule has 1 aliphatic carbocycles. The summed E-state index contributed by atoms with van der Waals surface area (Å²) in [5.41, 5.74) is 2.75. The molecule has 1 N–H and O–H groups in total. The Balaban J connectivity index is 1.55. The Hall–Kier alpha value is -2.97. The van der Waals surface area contributed by atoms with E-state index in [1.54, 1.807) is 21.6 Å². The molecule has 2 fully saturated rings. The second-order valence-electron chi connectivity index (χ2n) is 8.80. The van der Waals surface area contributed by atoms with Crippen molar-refractivity contribution in [2.45, 2.75) is 51.6 Å². The highest BCUT2D eigenvalue weighted by Crippen LogP contribution is 2.34. The summed E-state index contributed by atoms with van der Waals surface area (Å²) in [6.45, 7) is 2.35. The highest BCUT2D eigenvalue weighted by atomic mass is 32.2. The molecule has 1 saturated heterocycles. The Bertz CT molecular complexity index is 1340. The second kappa shape index (κ2) is 9.72. The van der Waals surface area contributed by atoms with E-state index in [1.165, 1.54) is 18.2 Å². The van der Waals surface area contributed by atoms with Gasteiger partial charge in [0.2, 0.25) is 0 Å². The number of carbonyl (C=O) groups is 1. The molecule has 1 amide bonds. The number of aromatic nitrogens is 2. The number of carbonyl (C=O) groups excluding carboxylic acids is 1. The number of benzene rings is 1. The summed E-state index contributed by atoms with van der Waals surface area (Å²) < 4.78 is 2.05. The number of thioether (sulfide) groups is 1. The standard InChI is InChI=1S/C26H26N4O2S2/c1-17-9-8-14-29-23(17)28-22(27-19-12-6-3-7-13-19)20(24(29)31)15-21-25(32)30(26(33)34-21)16-18-10-4-2-5-11-18/h2,4-5,8-11,14-15,19,27H,3,6-7,12-13,16H2,1H3. The van der Waals surface area contributed by atoms with Gasteiger partial charge in [-0.3, -0.25) is 18.9 Å². The van der Waals surface area contributed by atoms with Crippen molar-refractivity contribution in [1.29, 1.82) is 0 Å². The molecule has 1 saturated carbocycles. The van der Waals surface area contributed by atoms with Gasteiger partial charge in [0.05, 0.1) is 17.0 Å². The van der Waals surface area contributed by atoms with Crippen LogP contribution in [0.25, 0.3) is 11.7 Å². The lowest BCUT2D eigenvalue weighted by atomic mass is 9.95. The zero-order valence-electron chi connectivity index (χ0n) is 19.0. The van der Waals surface area contributed by atoms with Crippen molar-refractivity contribution in [1.82, 2.24) is 14.3 Å². The molecule has 6 nitrogen and oxygen atoms in total. The lowest BCUT2D eigenvalue weighted by Gasteiger charge is -2.24. The fourth-order valence-electron chi connectivity index (χ4n) is 4.53. The van der Waals surface area contributed by atoms with E-state index in [1.807, 2.05) is 49.4 Å². The molecule has 5 rings (SSSR count). The van der Waals surface area contributed by atoms with Gasteiger partial charge < -0.3 is 5.32 Å². The first kappa shape index (κ1) is 22.8. The van der Waals surface area contributed by atoms with Gasteiger partial charge in [-0.05, 0) is 43.0 Å². The van der Waals surface area contributed by atoms with Crippen LogP contribution in [0.3, 0.4) is 0 Å². The lowest BCUT2D eigenvalue weighted by molar-refractivity contribution is -0.122. The first-order valence-corrected chi connectivity index (χ1v) is 12.8. The summed E-state index contributed by atoms with van der Waals surface area (Å²) in [6, 6.07) is 13.8. The van der Waals surface area contributed by atoms with Gasteiger partial charge in [0.25, 0.3) is 11.5 Å². The van der Waals surface area contributed by atoms with E-state index in [4.69, 9.17) is 17.2 Å². The van der Waals surface area contributed by atoms with Crippen LogP contribution in [0.15, 0.2) is 58.4 Å². The molecule has 3 aromatic rings. The smallest absolute Gasteiger partial charge is 0.267 e. The SMILES string of the molecule is Cc1cccn2c(=O)c(C=C3SC(=S)N(Cc4ccccc4)C3=O)c(NC3CCCCC3)nc12. The molecule has 174 valence electrons. The van der Waals surface area contributed by atoms with Gasteiger partial charge >= 0.3 is 0 Å². The van der Waals surface area contributed by atoms with Crippen molar-refractivity contribution < 1.29 is 4.79 Å². The van der Waals surface area contributed by atoms with E-state index in [0.29, 0.717) is 32.8 Å². The van der Waals surface area contributed by atoms with Crippen molar-refractivity contribution in [3.05, 3.63) is 80.6 Å². The molecular formula is C26H26N4O2S2. The van der Waals surface area contributed by atoms with E-state index in [0.717, 1.165) is 36.8 Å². The Labute approximate surface area is 208 Å². The number of fused-ring (bicyclic) bond motifs is 1. The Morgan fingerprint density at radius 3 is 2.65 bits per heavy atom. The van der Waals surface area contributed by atoms with Crippen LogP contribution < -0.4 is 10.9 Å². The highest BCUT2D eigenvalue weighted by molar-refractivity contribution is 8.26. The molecule has 0 atom stereocenters. The maximum Gasteiger partial charge on any atom is 0.267 e. The predicted molar refractivity (Wildman–Crippen MR) is 142 cm³/mol. The third-order valence-corrected chi connectivity index (χ3v) is 7.74. The van der Waals surface area contributed by atoms with Crippen LogP contribution in [0, 0.1) is 6.92 Å².